The van der Waals surface area contributed by atoms with Gasteiger partial charge in [0.05, 0.1) is 11.8 Å². The molecular weight excluding hydrogens is 226 g/mol. The van der Waals surface area contributed by atoms with E-state index in [1.807, 2.05) is 18.2 Å². The summed E-state index contributed by atoms with van der Waals surface area (Å²) in [6.07, 6.45) is 1.97. The van der Waals surface area contributed by atoms with Crippen LogP contribution in [0.2, 0.25) is 5.02 Å². The predicted molar refractivity (Wildman–Crippen MR) is 60.8 cm³/mol. The third-order valence-corrected chi connectivity index (χ3v) is 2.51. The van der Waals surface area contributed by atoms with E-state index in [0.29, 0.717) is 22.8 Å². The van der Waals surface area contributed by atoms with E-state index in [1.54, 1.807) is 6.07 Å². The van der Waals surface area contributed by atoms with Crippen LogP contribution in [0.3, 0.4) is 0 Å². The van der Waals surface area contributed by atoms with Gasteiger partial charge in [-0.25, -0.2) is 0 Å². The molecule has 4 heteroatoms. The van der Waals surface area contributed by atoms with Gasteiger partial charge in [0.25, 0.3) is 0 Å². The molecule has 16 heavy (non-hydrogen) atoms. The molecule has 2 aromatic rings. The zero-order valence-corrected chi connectivity index (χ0v) is 9.49. The quantitative estimate of drug-likeness (QED) is 0.768. The maximum Gasteiger partial charge on any atom is 0.165 e. The van der Waals surface area contributed by atoms with Crippen molar-refractivity contribution in [3.63, 3.8) is 0 Å². The number of carbonyl (C=O) groups is 1. The molecule has 0 saturated heterocycles. The zero-order chi connectivity index (χ0) is 11.5. The van der Waals surface area contributed by atoms with Crippen LogP contribution >= 0.6 is 11.6 Å². The predicted octanol–water partition coefficient (Wildman–Crippen LogP) is 3.12. The normalized spacial score (nSPS) is 10.4. The van der Waals surface area contributed by atoms with Gasteiger partial charge >= 0.3 is 0 Å². The zero-order valence-electron chi connectivity index (χ0n) is 8.74. The van der Waals surface area contributed by atoms with Crippen LogP contribution < -0.4 is 0 Å². The van der Waals surface area contributed by atoms with Crippen molar-refractivity contribution in [1.82, 2.24) is 5.16 Å². The number of ketones is 1. The highest BCUT2D eigenvalue weighted by Crippen LogP contribution is 2.17. The molecule has 0 N–H and O–H groups in total. The highest BCUT2D eigenvalue weighted by Gasteiger charge is 2.12. The summed E-state index contributed by atoms with van der Waals surface area (Å²) in [4.78, 5) is 11.3. The Morgan fingerprint density at radius 2 is 2.31 bits per heavy atom. The minimum Gasteiger partial charge on any atom is -0.360 e. The number of Topliss-reactive ketones (excluding diaryl/α,β-unsaturated/α-hetero) is 1. The van der Waals surface area contributed by atoms with E-state index in [1.165, 1.54) is 13.1 Å². The van der Waals surface area contributed by atoms with Gasteiger partial charge in [0.15, 0.2) is 11.5 Å². The SMILES string of the molecule is CC(=O)c1cnoc1Cc1cccc(Cl)c1. The van der Waals surface area contributed by atoms with Gasteiger partial charge in [-0.15, -0.1) is 0 Å². The summed E-state index contributed by atoms with van der Waals surface area (Å²) in [6, 6.07) is 7.44. The molecule has 0 bridgehead atoms. The molecule has 1 aromatic carbocycles. The van der Waals surface area contributed by atoms with Gasteiger partial charge in [0.1, 0.15) is 0 Å². The molecule has 0 atom stereocenters. The minimum atomic E-state index is -0.0433. The van der Waals surface area contributed by atoms with E-state index >= 15 is 0 Å². The van der Waals surface area contributed by atoms with E-state index < -0.39 is 0 Å². The van der Waals surface area contributed by atoms with Gasteiger partial charge < -0.3 is 4.52 Å². The molecule has 0 unspecified atom stereocenters. The van der Waals surface area contributed by atoms with Gasteiger partial charge in [-0.3, -0.25) is 4.79 Å². The Labute approximate surface area is 98.0 Å². The summed E-state index contributed by atoms with van der Waals surface area (Å²) in [5, 5.41) is 4.30. The molecule has 0 aliphatic heterocycles. The molecule has 1 aromatic heterocycles. The summed E-state index contributed by atoms with van der Waals surface area (Å²) in [6.45, 7) is 1.49. The standard InChI is InChI=1S/C12H10ClNO2/c1-8(15)11-7-14-16-12(11)6-9-3-2-4-10(13)5-9/h2-5,7H,6H2,1H3. The lowest BCUT2D eigenvalue weighted by atomic mass is 10.1. The fraction of sp³-hybridized carbons (Fsp3) is 0.167. The minimum absolute atomic E-state index is 0.0433. The van der Waals surface area contributed by atoms with E-state index in [0.717, 1.165) is 5.56 Å². The molecule has 0 aliphatic carbocycles. The molecule has 0 saturated carbocycles. The fourth-order valence-electron chi connectivity index (χ4n) is 1.51. The smallest absolute Gasteiger partial charge is 0.165 e. The van der Waals surface area contributed by atoms with Crippen molar-refractivity contribution in [1.29, 1.82) is 0 Å². The Kier molecular flexibility index (Phi) is 3.06. The van der Waals surface area contributed by atoms with Crippen molar-refractivity contribution in [2.75, 3.05) is 0 Å². The summed E-state index contributed by atoms with van der Waals surface area (Å²) in [5.74, 6) is 0.535. The molecule has 82 valence electrons. The van der Waals surface area contributed by atoms with Crippen LogP contribution in [0.25, 0.3) is 0 Å². The Hall–Kier alpha value is -1.61. The molecular formula is C12H10ClNO2. The molecule has 1 heterocycles. The van der Waals surface area contributed by atoms with Crippen LogP contribution in [-0.2, 0) is 6.42 Å². The maximum atomic E-state index is 11.3. The average Bonchev–Trinajstić information content (AvgIpc) is 2.66. The van der Waals surface area contributed by atoms with Crippen molar-refractivity contribution in [3.8, 4) is 0 Å². The van der Waals surface area contributed by atoms with Crippen molar-refractivity contribution in [3.05, 3.63) is 52.4 Å². The molecule has 2 rings (SSSR count). The van der Waals surface area contributed by atoms with Crippen LogP contribution in [0.5, 0.6) is 0 Å². The molecule has 0 spiro atoms. The lowest BCUT2D eigenvalue weighted by molar-refractivity contribution is 0.101. The van der Waals surface area contributed by atoms with Crippen molar-refractivity contribution < 1.29 is 9.32 Å². The highest BCUT2D eigenvalue weighted by molar-refractivity contribution is 6.30. The monoisotopic (exact) mass is 235 g/mol. The number of aromatic nitrogens is 1. The van der Waals surface area contributed by atoms with Gasteiger partial charge in [0, 0.05) is 11.4 Å². The van der Waals surface area contributed by atoms with Gasteiger partial charge in [-0.1, -0.05) is 28.9 Å². The number of nitrogens with zero attached hydrogens (tertiary/aromatic N) is 1. The Morgan fingerprint density at radius 1 is 1.50 bits per heavy atom. The molecule has 0 aliphatic rings. The van der Waals surface area contributed by atoms with E-state index in [2.05, 4.69) is 5.16 Å². The van der Waals surface area contributed by atoms with E-state index in [4.69, 9.17) is 16.1 Å². The Morgan fingerprint density at radius 3 is 3.00 bits per heavy atom. The third-order valence-electron chi connectivity index (χ3n) is 2.28. The van der Waals surface area contributed by atoms with Gasteiger partial charge in [-0.05, 0) is 24.6 Å². The third kappa shape index (κ3) is 2.31. The number of rotatable bonds is 3. The van der Waals surface area contributed by atoms with E-state index in [9.17, 15) is 4.79 Å². The van der Waals surface area contributed by atoms with Crippen LogP contribution in [0.15, 0.2) is 35.0 Å². The first kappa shape index (κ1) is 10.9. The second kappa shape index (κ2) is 4.49. The first-order valence-electron chi connectivity index (χ1n) is 4.86. The number of benzene rings is 1. The highest BCUT2D eigenvalue weighted by atomic mass is 35.5. The van der Waals surface area contributed by atoms with Crippen molar-refractivity contribution >= 4 is 17.4 Å². The molecule has 0 amide bonds. The summed E-state index contributed by atoms with van der Waals surface area (Å²) in [7, 11) is 0. The number of hydrogen-bond acceptors (Lipinski definition) is 3. The van der Waals surface area contributed by atoms with Gasteiger partial charge in [0.2, 0.25) is 0 Å². The van der Waals surface area contributed by atoms with Crippen LogP contribution in [-0.4, -0.2) is 10.9 Å². The number of carbonyl (C=O) groups excluding carboxylic acids is 1. The van der Waals surface area contributed by atoms with Crippen LogP contribution in [0.1, 0.15) is 28.6 Å². The average molecular weight is 236 g/mol. The second-order valence-corrected chi connectivity index (χ2v) is 3.96. The largest absolute Gasteiger partial charge is 0.360 e. The first-order chi connectivity index (χ1) is 7.66. The van der Waals surface area contributed by atoms with Crippen molar-refractivity contribution in [2.45, 2.75) is 13.3 Å². The Bertz CT molecular complexity index is 519. The summed E-state index contributed by atoms with van der Waals surface area (Å²) >= 11 is 5.87. The lowest BCUT2D eigenvalue weighted by Crippen LogP contribution is -1.96. The second-order valence-electron chi connectivity index (χ2n) is 3.53. The van der Waals surface area contributed by atoms with Crippen LogP contribution in [0, 0.1) is 0 Å². The van der Waals surface area contributed by atoms with Gasteiger partial charge in [-0.2, -0.15) is 0 Å². The number of halogens is 1. The molecule has 0 radical (unpaired) electrons. The molecule has 0 fully saturated rings. The number of hydrogen-bond donors (Lipinski definition) is 0. The maximum absolute atomic E-state index is 11.3. The fourth-order valence-corrected chi connectivity index (χ4v) is 1.72. The molecule has 3 nitrogen and oxygen atoms in total. The summed E-state index contributed by atoms with van der Waals surface area (Å²) < 4.78 is 5.06. The Balaban J connectivity index is 2.27. The topological polar surface area (TPSA) is 43.1 Å². The first-order valence-corrected chi connectivity index (χ1v) is 5.23. The van der Waals surface area contributed by atoms with Crippen LogP contribution in [0.4, 0.5) is 0 Å². The summed E-state index contributed by atoms with van der Waals surface area (Å²) in [5.41, 5.74) is 1.52. The van der Waals surface area contributed by atoms with E-state index in [-0.39, 0.29) is 5.78 Å². The lowest BCUT2D eigenvalue weighted by Gasteiger charge is -1.99. The van der Waals surface area contributed by atoms with Crippen molar-refractivity contribution in [2.24, 2.45) is 0 Å².